The molecule has 0 aliphatic rings. The Kier molecular flexibility index (Phi) is 5.30. The van der Waals surface area contributed by atoms with Crippen LogP contribution in [0.5, 0.6) is 0 Å². The van der Waals surface area contributed by atoms with Gasteiger partial charge in [0.2, 0.25) is 5.69 Å². The number of aryl methyl sites for hydroxylation is 1. The zero-order valence-corrected chi connectivity index (χ0v) is 12.3. The van der Waals surface area contributed by atoms with Crippen molar-refractivity contribution < 1.29 is 14.5 Å². The highest BCUT2D eigenvalue weighted by Gasteiger charge is 2.15. The number of hydrogen-bond donors (Lipinski definition) is 2. The van der Waals surface area contributed by atoms with Gasteiger partial charge in [0.15, 0.2) is 5.82 Å². The third-order valence-electron chi connectivity index (χ3n) is 2.73. The van der Waals surface area contributed by atoms with Crippen molar-refractivity contribution in [2.45, 2.75) is 13.5 Å². The van der Waals surface area contributed by atoms with Crippen molar-refractivity contribution in [1.29, 1.82) is 0 Å². The van der Waals surface area contributed by atoms with Crippen molar-refractivity contribution in [2.24, 2.45) is 0 Å². The van der Waals surface area contributed by atoms with E-state index < -0.39 is 11.0 Å². The second-order valence-corrected chi connectivity index (χ2v) is 4.49. The third-order valence-corrected chi connectivity index (χ3v) is 2.73. The summed E-state index contributed by atoms with van der Waals surface area (Å²) in [5.74, 6) is 5.27. The summed E-state index contributed by atoms with van der Waals surface area (Å²) in [5.41, 5.74) is 0.906. The molecule has 2 N–H and O–H groups in total. The Bertz CT molecular complexity index is 759. The first-order valence-electron chi connectivity index (χ1n) is 6.70. The lowest BCUT2D eigenvalue weighted by Crippen LogP contribution is -2.24. The molecule has 0 saturated carbocycles. The van der Waals surface area contributed by atoms with Crippen molar-refractivity contribution in [3.63, 3.8) is 0 Å². The fourth-order valence-electron chi connectivity index (χ4n) is 1.72. The molecule has 0 bridgehead atoms. The lowest BCUT2D eigenvalue weighted by molar-refractivity contribution is -0.389. The Morgan fingerprint density at radius 1 is 1.43 bits per heavy atom. The van der Waals surface area contributed by atoms with Crippen molar-refractivity contribution in [1.82, 2.24) is 15.3 Å². The normalized spacial score (nSPS) is 9.61. The monoisotopic (exact) mass is 314 g/mol. The molecular weight excluding hydrogens is 300 g/mol. The van der Waals surface area contributed by atoms with Crippen LogP contribution < -0.4 is 5.32 Å². The van der Waals surface area contributed by atoms with E-state index in [4.69, 9.17) is 4.74 Å². The predicted molar refractivity (Wildman–Crippen MR) is 81.5 cm³/mol. The number of nitrogens with one attached hydrogen (secondary N) is 2. The van der Waals surface area contributed by atoms with Gasteiger partial charge in [-0.05, 0) is 16.4 Å². The first-order chi connectivity index (χ1) is 11.1. The van der Waals surface area contributed by atoms with Crippen LogP contribution in [0.1, 0.15) is 17.1 Å². The maximum Gasteiger partial charge on any atom is 0.408 e. The van der Waals surface area contributed by atoms with Crippen molar-refractivity contribution in [3.8, 4) is 11.8 Å². The minimum Gasteiger partial charge on any atom is -0.445 e. The number of imidazole rings is 1. The summed E-state index contributed by atoms with van der Waals surface area (Å²) in [7, 11) is 0. The molecule has 8 nitrogen and oxygen atoms in total. The van der Waals surface area contributed by atoms with Gasteiger partial charge >= 0.3 is 11.9 Å². The average molecular weight is 314 g/mol. The van der Waals surface area contributed by atoms with Gasteiger partial charge in [0.25, 0.3) is 0 Å². The number of carbonyl (C=O) groups excluding carboxylic acids is 1. The number of H-pyrrole nitrogens is 1. The summed E-state index contributed by atoms with van der Waals surface area (Å²) in [5, 5.41) is 13.2. The Morgan fingerprint density at radius 2 is 2.17 bits per heavy atom. The number of alkyl carbamates (subject to hydrolysis) is 1. The lowest BCUT2D eigenvalue weighted by atomic mass is 10.2. The van der Waals surface area contributed by atoms with Crippen LogP contribution in [-0.4, -0.2) is 27.5 Å². The summed E-state index contributed by atoms with van der Waals surface area (Å²) in [6.45, 7) is 1.75. The molecule has 0 unspecified atom stereocenters. The van der Waals surface area contributed by atoms with Gasteiger partial charge in [-0.25, -0.2) is 9.78 Å². The van der Waals surface area contributed by atoms with E-state index in [1.54, 1.807) is 6.92 Å². The van der Waals surface area contributed by atoms with Crippen LogP contribution in [0.15, 0.2) is 30.3 Å². The Hall–Kier alpha value is -3.34. The first kappa shape index (κ1) is 16.0. The average Bonchev–Trinajstić information content (AvgIpc) is 2.92. The first-order valence-corrected chi connectivity index (χ1v) is 6.70. The number of benzene rings is 1. The van der Waals surface area contributed by atoms with E-state index in [0.29, 0.717) is 5.82 Å². The summed E-state index contributed by atoms with van der Waals surface area (Å²) in [6.07, 6.45) is -0.615. The standard InChI is InChI=1S/C15H14N4O4/c1-11-17-13(14(18-11)19(21)22)8-5-9-16-15(20)23-10-12-6-3-2-4-7-12/h2-4,6-7H,9-10H2,1H3,(H,16,20)(H,17,18). The van der Waals surface area contributed by atoms with Crippen LogP contribution in [0.3, 0.4) is 0 Å². The SMILES string of the molecule is Cc1nc(C#CCNC(=O)OCc2ccccc2)c([N+](=O)[O-])[nH]1. The molecule has 0 radical (unpaired) electrons. The van der Waals surface area contributed by atoms with Crippen LogP contribution in [0, 0.1) is 28.9 Å². The van der Waals surface area contributed by atoms with Gasteiger partial charge < -0.3 is 20.2 Å². The van der Waals surface area contributed by atoms with Crippen LogP contribution in [-0.2, 0) is 11.3 Å². The number of amides is 1. The summed E-state index contributed by atoms with van der Waals surface area (Å²) in [6, 6.07) is 9.25. The van der Waals surface area contributed by atoms with Crippen LogP contribution in [0.25, 0.3) is 0 Å². The highest BCUT2D eigenvalue weighted by molar-refractivity contribution is 5.67. The van der Waals surface area contributed by atoms with E-state index in [1.807, 2.05) is 30.3 Å². The van der Waals surface area contributed by atoms with E-state index in [1.165, 1.54) is 0 Å². The van der Waals surface area contributed by atoms with Gasteiger partial charge in [0.05, 0.1) is 6.54 Å². The van der Waals surface area contributed by atoms with Gasteiger partial charge in [-0.3, -0.25) is 0 Å². The molecule has 0 spiro atoms. The number of ether oxygens (including phenoxy) is 1. The molecule has 2 aromatic rings. The van der Waals surface area contributed by atoms with E-state index in [-0.39, 0.29) is 24.7 Å². The zero-order chi connectivity index (χ0) is 16.7. The Morgan fingerprint density at radius 3 is 2.87 bits per heavy atom. The second-order valence-electron chi connectivity index (χ2n) is 4.49. The topological polar surface area (TPSA) is 110 Å². The lowest BCUT2D eigenvalue weighted by Gasteiger charge is -2.04. The largest absolute Gasteiger partial charge is 0.445 e. The smallest absolute Gasteiger partial charge is 0.408 e. The molecule has 1 aromatic carbocycles. The summed E-state index contributed by atoms with van der Waals surface area (Å²) in [4.78, 5) is 28.1. The van der Waals surface area contributed by atoms with Gasteiger partial charge in [-0.15, -0.1) is 0 Å². The number of nitro groups is 1. The van der Waals surface area contributed by atoms with Gasteiger partial charge in [0, 0.05) is 6.92 Å². The van der Waals surface area contributed by atoms with Gasteiger partial charge in [-0.2, -0.15) is 4.98 Å². The molecule has 8 heteroatoms. The van der Waals surface area contributed by atoms with E-state index in [9.17, 15) is 14.9 Å². The number of carbonyl (C=O) groups is 1. The molecule has 1 aromatic heterocycles. The van der Waals surface area contributed by atoms with Crippen LogP contribution in [0.4, 0.5) is 10.6 Å². The predicted octanol–water partition coefficient (Wildman–Crippen LogP) is 1.90. The number of aromatic amines is 1. The maximum absolute atomic E-state index is 11.5. The molecule has 1 amide bonds. The van der Waals surface area contributed by atoms with E-state index in [0.717, 1.165) is 5.56 Å². The van der Waals surface area contributed by atoms with Gasteiger partial charge in [0.1, 0.15) is 6.61 Å². The van der Waals surface area contributed by atoms with Crippen molar-refractivity contribution >= 4 is 11.9 Å². The van der Waals surface area contributed by atoms with Crippen LogP contribution >= 0.6 is 0 Å². The fraction of sp³-hybridized carbons (Fsp3) is 0.200. The van der Waals surface area contributed by atoms with Crippen molar-refractivity contribution in [2.75, 3.05) is 6.54 Å². The number of nitrogens with zero attached hydrogens (tertiary/aromatic N) is 2. The quantitative estimate of drug-likeness (QED) is 0.509. The van der Waals surface area contributed by atoms with E-state index >= 15 is 0 Å². The molecule has 0 saturated heterocycles. The van der Waals surface area contributed by atoms with Gasteiger partial charge in [-0.1, -0.05) is 36.3 Å². The molecule has 0 aliphatic heterocycles. The zero-order valence-electron chi connectivity index (χ0n) is 12.3. The van der Waals surface area contributed by atoms with E-state index in [2.05, 4.69) is 27.1 Å². The molecule has 23 heavy (non-hydrogen) atoms. The number of aromatic nitrogens is 2. The molecule has 0 fully saturated rings. The number of rotatable bonds is 4. The molecule has 1 heterocycles. The highest BCUT2D eigenvalue weighted by Crippen LogP contribution is 2.12. The highest BCUT2D eigenvalue weighted by atomic mass is 16.6. The Balaban J connectivity index is 1.81. The molecule has 0 aliphatic carbocycles. The molecule has 2 rings (SSSR count). The molecular formula is C15H14N4O4. The number of hydrogen-bond acceptors (Lipinski definition) is 5. The summed E-state index contributed by atoms with van der Waals surface area (Å²) < 4.78 is 5.00. The molecule has 118 valence electrons. The Labute approximate surface area is 132 Å². The van der Waals surface area contributed by atoms with Crippen molar-refractivity contribution in [3.05, 3.63) is 57.5 Å². The molecule has 0 atom stereocenters. The third kappa shape index (κ3) is 4.86. The minimum atomic E-state index is -0.615. The summed E-state index contributed by atoms with van der Waals surface area (Å²) >= 11 is 0. The second kappa shape index (κ2) is 7.61. The van der Waals surface area contributed by atoms with Crippen LogP contribution in [0.2, 0.25) is 0 Å². The fourth-order valence-corrected chi connectivity index (χ4v) is 1.72. The maximum atomic E-state index is 11.5. The minimum absolute atomic E-state index is 0.00329.